The standard InChI is InChI=1S/C16H33N3O2/c1-5-17-16(2,15(20)21)9-6-10-19(4)13-14-7-11-18(3)12-8-14/h14,17H,5-13H2,1-4H3,(H,20,21). The third-order valence-electron chi connectivity index (χ3n) is 4.66. The summed E-state index contributed by atoms with van der Waals surface area (Å²) in [5.41, 5.74) is -0.789. The highest BCUT2D eigenvalue weighted by Crippen LogP contribution is 2.18. The second kappa shape index (κ2) is 8.71. The van der Waals surface area contributed by atoms with Crippen LogP contribution in [-0.2, 0) is 4.79 Å². The maximum absolute atomic E-state index is 11.4. The van der Waals surface area contributed by atoms with Crippen molar-refractivity contribution in [2.45, 2.75) is 45.1 Å². The van der Waals surface area contributed by atoms with E-state index in [9.17, 15) is 9.90 Å². The average Bonchev–Trinajstić information content (AvgIpc) is 2.41. The Morgan fingerprint density at radius 1 is 1.43 bits per heavy atom. The zero-order chi connectivity index (χ0) is 15.9. The monoisotopic (exact) mass is 299 g/mol. The molecule has 0 aliphatic carbocycles. The molecule has 0 amide bonds. The molecule has 1 aliphatic rings. The molecule has 0 aromatic rings. The molecule has 0 aromatic carbocycles. The fourth-order valence-corrected chi connectivity index (χ4v) is 3.14. The molecule has 0 radical (unpaired) electrons. The van der Waals surface area contributed by atoms with Gasteiger partial charge in [0, 0.05) is 6.54 Å². The predicted octanol–water partition coefficient (Wildman–Crippen LogP) is 1.49. The summed E-state index contributed by atoms with van der Waals surface area (Å²) in [5.74, 6) is 0.0492. The average molecular weight is 299 g/mol. The van der Waals surface area contributed by atoms with Crippen molar-refractivity contribution in [3.8, 4) is 0 Å². The van der Waals surface area contributed by atoms with Crippen LogP contribution >= 0.6 is 0 Å². The number of nitrogens with zero attached hydrogens (tertiary/aromatic N) is 2. The molecule has 0 spiro atoms. The molecule has 5 heteroatoms. The minimum absolute atomic E-state index is 0.675. The summed E-state index contributed by atoms with van der Waals surface area (Å²) >= 11 is 0. The van der Waals surface area contributed by atoms with Crippen molar-refractivity contribution in [2.24, 2.45) is 5.92 Å². The van der Waals surface area contributed by atoms with Crippen LogP contribution < -0.4 is 5.32 Å². The van der Waals surface area contributed by atoms with E-state index in [-0.39, 0.29) is 0 Å². The molecule has 0 aromatic heterocycles. The summed E-state index contributed by atoms with van der Waals surface area (Å²) in [7, 11) is 4.34. The van der Waals surface area contributed by atoms with Crippen LogP contribution in [0.3, 0.4) is 0 Å². The van der Waals surface area contributed by atoms with Gasteiger partial charge >= 0.3 is 5.97 Å². The summed E-state index contributed by atoms with van der Waals surface area (Å²) in [6, 6.07) is 0. The van der Waals surface area contributed by atoms with Crippen molar-refractivity contribution >= 4 is 5.97 Å². The molecule has 1 heterocycles. The van der Waals surface area contributed by atoms with Crippen molar-refractivity contribution in [2.75, 3.05) is 46.8 Å². The van der Waals surface area contributed by atoms with Crippen LogP contribution in [0.15, 0.2) is 0 Å². The van der Waals surface area contributed by atoms with E-state index < -0.39 is 11.5 Å². The van der Waals surface area contributed by atoms with Crippen LogP contribution in [0.25, 0.3) is 0 Å². The summed E-state index contributed by atoms with van der Waals surface area (Å²) in [6.07, 6.45) is 4.16. The number of piperidine rings is 1. The van der Waals surface area contributed by atoms with Crippen LogP contribution in [0.1, 0.15) is 39.5 Å². The first-order chi connectivity index (χ1) is 9.87. The van der Waals surface area contributed by atoms with Crippen molar-refractivity contribution in [1.29, 1.82) is 0 Å². The van der Waals surface area contributed by atoms with Crippen molar-refractivity contribution in [3.05, 3.63) is 0 Å². The largest absolute Gasteiger partial charge is 0.480 e. The van der Waals surface area contributed by atoms with Crippen LogP contribution in [-0.4, -0.2) is 73.2 Å². The van der Waals surface area contributed by atoms with Gasteiger partial charge in [-0.05, 0) is 78.8 Å². The van der Waals surface area contributed by atoms with Gasteiger partial charge in [0.2, 0.25) is 0 Å². The van der Waals surface area contributed by atoms with E-state index in [2.05, 4.69) is 29.2 Å². The molecule has 0 saturated carbocycles. The Balaban J connectivity index is 2.26. The van der Waals surface area contributed by atoms with E-state index in [1.807, 2.05) is 6.92 Å². The number of aliphatic carboxylic acids is 1. The molecule has 1 rings (SSSR count). The van der Waals surface area contributed by atoms with Gasteiger partial charge in [0.15, 0.2) is 0 Å². The van der Waals surface area contributed by atoms with Crippen LogP contribution in [0.4, 0.5) is 0 Å². The first kappa shape index (κ1) is 18.4. The molecule has 1 atom stereocenters. The van der Waals surface area contributed by atoms with Crippen LogP contribution in [0.5, 0.6) is 0 Å². The Bertz CT molecular complexity index is 317. The van der Waals surface area contributed by atoms with Gasteiger partial charge in [-0.25, -0.2) is 0 Å². The SMILES string of the molecule is CCNC(C)(CCCN(C)CC1CCN(C)CC1)C(=O)O. The van der Waals surface area contributed by atoms with Gasteiger partial charge in [0.05, 0.1) is 0 Å². The lowest BCUT2D eigenvalue weighted by molar-refractivity contribution is -0.144. The van der Waals surface area contributed by atoms with Gasteiger partial charge in [-0.1, -0.05) is 6.92 Å². The highest BCUT2D eigenvalue weighted by Gasteiger charge is 2.31. The Morgan fingerprint density at radius 2 is 2.05 bits per heavy atom. The molecule has 0 bridgehead atoms. The van der Waals surface area contributed by atoms with Gasteiger partial charge in [-0.3, -0.25) is 4.79 Å². The normalized spacial score (nSPS) is 20.6. The summed E-state index contributed by atoms with van der Waals surface area (Å²) < 4.78 is 0. The molecule has 21 heavy (non-hydrogen) atoms. The maximum atomic E-state index is 11.4. The van der Waals surface area contributed by atoms with Gasteiger partial charge in [-0.2, -0.15) is 0 Å². The number of carboxylic acid groups (broad SMARTS) is 1. The van der Waals surface area contributed by atoms with E-state index in [4.69, 9.17) is 0 Å². The number of hydrogen-bond acceptors (Lipinski definition) is 4. The lowest BCUT2D eigenvalue weighted by Gasteiger charge is -2.32. The Labute approximate surface area is 129 Å². The lowest BCUT2D eigenvalue weighted by Crippen LogP contribution is -2.49. The minimum atomic E-state index is -0.789. The topological polar surface area (TPSA) is 55.8 Å². The van der Waals surface area contributed by atoms with Gasteiger partial charge in [-0.15, -0.1) is 0 Å². The highest BCUT2D eigenvalue weighted by atomic mass is 16.4. The highest BCUT2D eigenvalue weighted by molar-refractivity contribution is 5.78. The van der Waals surface area contributed by atoms with Gasteiger partial charge in [0.1, 0.15) is 5.54 Å². The van der Waals surface area contributed by atoms with Crippen LogP contribution in [0.2, 0.25) is 0 Å². The van der Waals surface area contributed by atoms with Crippen molar-refractivity contribution < 1.29 is 9.90 Å². The van der Waals surface area contributed by atoms with E-state index in [0.29, 0.717) is 13.0 Å². The molecule has 1 fully saturated rings. The predicted molar refractivity (Wildman–Crippen MR) is 86.7 cm³/mol. The number of rotatable bonds is 9. The maximum Gasteiger partial charge on any atom is 0.323 e. The zero-order valence-corrected chi connectivity index (χ0v) is 14.2. The van der Waals surface area contributed by atoms with E-state index in [1.54, 1.807) is 6.92 Å². The Morgan fingerprint density at radius 3 is 2.57 bits per heavy atom. The van der Waals surface area contributed by atoms with Crippen LogP contribution in [0, 0.1) is 5.92 Å². The Kier molecular flexibility index (Phi) is 7.63. The van der Waals surface area contributed by atoms with Crippen molar-refractivity contribution in [1.82, 2.24) is 15.1 Å². The summed E-state index contributed by atoms with van der Waals surface area (Å²) in [5, 5.41) is 12.4. The number of likely N-dealkylation sites (N-methyl/N-ethyl adjacent to an activating group) is 1. The quantitative estimate of drug-likeness (QED) is 0.675. The second-order valence-corrected chi connectivity index (χ2v) is 6.78. The second-order valence-electron chi connectivity index (χ2n) is 6.78. The third kappa shape index (κ3) is 6.32. The fraction of sp³-hybridized carbons (Fsp3) is 0.938. The molecule has 1 saturated heterocycles. The molecule has 1 aliphatic heterocycles. The fourth-order valence-electron chi connectivity index (χ4n) is 3.14. The molecule has 1 unspecified atom stereocenters. The smallest absolute Gasteiger partial charge is 0.323 e. The van der Waals surface area contributed by atoms with Crippen molar-refractivity contribution in [3.63, 3.8) is 0 Å². The first-order valence-corrected chi connectivity index (χ1v) is 8.23. The first-order valence-electron chi connectivity index (χ1n) is 8.23. The number of nitrogens with one attached hydrogen (secondary N) is 1. The van der Waals surface area contributed by atoms with Gasteiger partial charge in [0.25, 0.3) is 0 Å². The number of hydrogen-bond donors (Lipinski definition) is 2. The van der Waals surface area contributed by atoms with E-state index in [0.717, 1.165) is 25.4 Å². The number of likely N-dealkylation sites (tertiary alicyclic amines) is 1. The third-order valence-corrected chi connectivity index (χ3v) is 4.66. The summed E-state index contributed by atoms with van der Waals surface area (Å²) in [4.78, 5) is 16.1. The minimum Gasteiger partial charge on any atom is -0.480 e. The Hall–Kier alpha value is -0.650. The molecule has 5 nitrogen and oxygen atoms in total. The van der Waals surface area contributed by atoms with Gasteiger partial charge < -0.3 is 20.2 Å². The summed E-state index contributed by atoms with van der Waals surface area (Å²) in [6.45, 7) is 8.95. The molecular weight excluding hydrogens is 266 g/mol. The lowest BCUT2D eigenvalue weighted by atomic mass is 9.94. The zero-order valence-electron chi connectivity index (χ0n) is 14.2. The molecule has 124 valence electrons. The molecule has 2 N–H and O–H groups in total. The number of carboxylic acids is 1. The number of carbonyl (C=O) groups is 1. The van der Waals surface area contributed by atoms with E-state index in [1.165, 1.54) is 25.9 Å². The van der Waals surface area contributed by atoms with E-state index >= 15 is 0 Å². The molecular formula is C16H33N3O2.